The van der Waals surface area contributed by atoms with E-state index >= 15 is 0 Å². The summed E-state index contributed by atoms with van der Waals surface area (Å²) in [4.78, 5) is 16.5. The van der Waals surface area contributed by atoms with Crippen molar-refractivity contribution >= 4 is 11.6 Å². The van der Waals surface area contributed by atoms with Gasteiger partial charge in [-0.25, -0.2) is 8.78 Å². The Bertz CT molecular complexity index is 808. The quantitative estimate of drug-likeness (QED) is 0.804. The third kappa shape index (κ3) is 4.30. The molecule has 1 saturated heterocycles. The largest absolute Gasteiger partial charge is 0.495 e. The monoisotopic (exact) mass is 376 g/mol. The van der Waals surface area contributed by atoms with Crippen LogP contribution in [-0.2, 0) is 4.79 Å². The second-order valence-corrected chi connectivity index (χ2v) is 6.32. The number of benzene rings is 2. The van der Waals surface area contributed by atoms with Crippen molar-refractivity contribution in [2.24, 2.45) is 0 Å². The first-order chi connectivity index (χ1) is 13.0. The lowest BCUT2D eigenvalue weighted by Crippen LogP contribution is -2.52. The number of rotatable bonds is 5. The van der Waals surface area contributed by atoms with Crippen LogP contribution in [-0.4, -0.2) is 50.2 Å². The highest BCUT2D eigenvalue weighted by Crippen LogP contribution is 2.28. The maximum absolute atomic E-state index is 13.3. The number of nitrogens with zero attached hydrogens (tertiary/aromatic N) is 2. The van der Waals surface area contributed by atoms with E-state index in [1.165, 1.54) is 6.07 Å². The molecule has 0 spiro atoms. The molecule has 0 radical (unpaired) electrons. The van der Waals surface area contributed by atoms with Crippen molar-refractivity contribution in [2.75, 3.05) is 38.2 Å². The van der Waals surface area contributed by atoms with Crippen molar-refractivity contribution in [3.05, 3.63) is 54.1 Å². The fourth-order valence-electron chi connectivity index (χ4n) is 3.12. The van der Waals surface area contributed by atoms with Gasteiger partial charge in [0.25, 0.3) is 5.91 Å². The number of amides is 1. The standard InChI is InChI=1S/C20H22F2N2O3/c1-14(27-15-7-8-16(21)17(22)13-15)20(25)24-11-9-23(10-12-24)18-5-3-4-6-19(18)26-2/h3-8,13-14H,9-12H2,1-2H3. The van der Waals surface area contributed by atoms with Gasteiger partial charge in [0, 0.05) is 32.2 Å². The highest BCUT2D eigenvalue weighted by Gasteiger charge is 2.27. The summed E-state index contributed by atoms with van der Waals surface area (Å²) >= 11 is 0. The predicted molar refractivity (Wildman–Crippen MR) is 98.2 cm³/mol. The zero-order valence-electron chi connectivity index (χ0n) is 15.3. The summed E-state index contributed by atoms with van der Waals surface area (Å²) in [5, 5.41) is 0. The van der Waals surface area contributed by atoms with E-state index in [-0.39, 0.29) is 11.7 Å². The minimum absolute atomic E-state index is 0.127. The fraction of sp³-hybridized carbons (Fsp3) is 0.350. The number of para-hydroxylation sites is 2. The molecular formula is C20H22F2N2O3. The van der Waals surface area contributed by atoms with Crippen molar-refractivity contribution in [1.29, 1.82) is 0 Å². The van der Waals surface area contributed by atoms with Gasteiger partial charge in [-0.15, -0.1) is 0 Å². The number of carbonyl (C=O) groups is 1. The Balaban J connectivity index is 1.58. The van der Waals surface area contributed by atoms with E-state index in [1.54, 1.807) is 18.9 Å². The first-order valence-electron chi connectivity index (χ1n) is 8.78. The Morgan fingerprint density at radius 1 is 1.04 bits per heavy atom. The molecule has 0 bridgehead atoms. The summed E-state index contributed by atoms with van der Waals surface area (Å²) in [6.07, 6.45) is -0.785. The second-order valence-electron chi connectivity index (χ2n) is 6.32. The number of methoxy groups -OCH3 is 1. The summed E-state index contributed by atoms with van der Waals surface area (Å²) in [6, 6.07) is 11.0. The van der Waals surface area contributed by atoms with E-state index < -0.39 is 17.7 Å². The van der Waals surface area contributed by atoms with Gasteiger partial charge in [0.15, 0.2) is 17.7 Å². The Morgan fingerprint density at radius 2 is 1.74 bits per heavy atom. The number of halogens is 2. The van der Waals surface area contributed by atoms with Crippen LogP contribution in [0.15, 0.2) is 42.5 Å². The van der Waals surface area contributed by atoms with Crippen LogP contribution in [0, 0.1) is 11.6 Å². The minimum Gasteiger partial charge on any atom is -0.495 e. The van der Waals surface area contributed by atoms with Gasteiger partial charge in [-0.1, -0.05) is 12.1 Å². The number of hydrogen-bond acceptors (Lipinski definition) is 4. The third-order valence-corrected chi connectivity index (χ3v) is 4.57. The number of ether oxygens (including phenoxy) is 2. The van der Waals surface area contributed by atoms with Crippen LogP contribution in [0.4, 0.5) is 14.5 Å². The van der Waals surface area contributed by atoms with E-state index in [0.717, 1.165) is 23.6 Å². The molecule has 5 nitrogen and oxygen atoms in total. The van der Waals surface area contributed by atoms with Crippen molar-refractivity contribution in [2.45, 2.75) is 13.0 Å². The predicted octanol–water partition coefficient (Wildman–Crippen LogP) is 3.09. The fourth-order valence-corrected chi connectivity index (χ4v) is 3.12. The van der Waals surface area contributed by atoms with Crippen molar-refractivity contribution in [3.8, 4) is 11.5 Å². The summed E-state index contributed by atoms with van der Waals surface area (Å²) in [6.45, 7) is 4.04. The molecular weight excluding hydrogens is 354 g/mol. The van der Waals surface area contributed by atoms with Gasteiger partial charge in [-0.3, -0.25) is 4.79 Å². The van der Waals surface area contributed by atoms with Crippen LogP contribution in [0.25, 0.3) is 0 Å². The smallest absolute Gasteiger partial charge is 0.263 e. The SMILES string of the molecule is COc1ccccc1N1CCN(C(=O)C(C)Oc2ccc(F)c(F)c2)CC1. The van der Waals surface area contributed by atoms with Gasteiger partial charge in [-0.2, -0.15) is 0 Å². The van der Waals surface area contributed by atoms with Crippen LogP contribution in [0.5, 0.6) is 11.5 Å². The maximum atomic E-state index is 13.3. The van der Waals surface area contributed by atoms with Gasteiger partial charge < -0.3 is 19.3 Å². The van der Waals surface area contributed by atoms with Crippen LogP contribution < -0.4 is 14.4 Å². The number of hydrogen-bond donors (Lipinski definition) is 0. The lowest BCUT2D eigenvalue weighted by Gasteiger charge is -2.37. The lowest BCUT2D eigenvalue weighted by atomic mass is 10.2. The van der Waals surface area contributed by atoms with Crippen LogP contribution >= 0.6 is 0 Å². The summed E-state index contributed by atoms with van der Waals surface area (Å²) in [5.74, 6) is -1.21. The van der Waals surface area contributed by atoms with E-state index in [4.69, 9.17) is 9.47 Å². The minimum atomic E-state index is -1.00. The Hall–Kier alpha value is -2.83. The zero-order chi connectivity index (χ0) is 19.4. The molecule has 7 heteroatoms. The molecule has 1 aliphatic rings. The molecule has 1 unspecified atom stereocenters. The molecule has 27 heavy (non-hydrogen) atoms. The first-order valence-corrected chi connectivity index (χ1v) is 8.78. The molecule has 1 heterocycles. The second kappa shape index (κ2) is 8.24. The molecule has 0 aromatic heterocycles. The van der Waals surface area contributed by atoms with Gasteiger partial charge in [0.05, 0.1) is 12.8 Å². The summed E-state index contributed by atoms with van der Waals surface area (Å²) < 4.78 is 37.2. The Morgan fingerprint density at radius 3 is 2.41 bits per heavy atom. The molecule has 1 aliphatic heterocycles. The average Bonchev–Trinajstić information content (AvgIpc) is 2.70. The molecule has 1 atom stereocenters. The number of anilines is 1. The summed E-state index contributed by atoms with van der Waals surface area (Å²) in [5.41, 5.74) is 0.998. The molecule has 144 valence electrons. The molecule has 2 aromatic rings. The normalized spacial score (nSPS) is 15.4. The zero-order valence-corrected chi connectivity index (χ0v) is 15.3. The van der Waals surface area contributed by atoms with E-state index in [9.17, 15) is 13.6 Å². The molecule has 0 saturated carbocycles. The Labute approximate surface area is 157 Å². The Kier molecular flexibility index (Phi) is 5.78. The van der Waals surface area contributed by atoms with E-state index in [2.05, 4.69) is 4.90 Å². The molecule has 0 aliphatic carbocycles. The molecule has 0 N–H and O–H groups in total. The van der Waals surface area contributed by atoms with E-state index in [1.807, 2.05) is 24.3 Å². The molecule has 2 aromatic carbocycles. The van der Waals surface area contributed by atoms with Crippen LogP contribution in [0.3, 0.4) is 0 Å². The summed E-state index contributed by atoms with van der Waals surface area (Å²) in [7, 11) is 1.63. The van der Waals surface area contributed by atoms with Crippen molar-refractivity contribution in [1.82, 2.24) is 4.90 Å². The molecule has 1 fully saturated rings. The van der Waals surface area contributed by atoms with Gasteiger partial charge in [0.1, 0.15) is 11.5 Å². The lowest BCUT2D eigenvalue weighted by molar-refractivity contribution is -0.138. The number of piperazine rings is 1. The van der Waals surface area contributed by atoms with Crippen LogP contribution in [0.1, 0.15) is 6.92 Å². The number of carbonyl (C=O) groups excluding carboxylic acids is 1. The van der Waals surface area contributed by atoms with Crippen molar-refractivity contribution < 1.29 is 23.0 Å². The topological polar surface area (TPSA) is 42.0 Å². The van der Waals surface area contributed by atoms with Crippen molar-refractivity contribution in [3.63, 3.8) is 0 Å². The van der Waals surface area contributed by atoms with E-state index in [0.29, 0.717) is 26.2 Å². The van der Waals surface area contributed by atoms with Gasteiger partial charge in [0.2, 0.25) is 0 Å². The maximum Gasteiger partial charge on any atom is 0.263 e. The average molecular weight is 376 g/mol. The first kappa shape index (κ1) is 18.9. The van der Waals surface area contributed by atoms with Gasteiger partial charge >= 0.3 is 0 Å². The van der Waals surface area contributed by atoms with Gasteiger partial charge in [-0.05, 0) is 31.2 Å². The third-order valence-electron chi connectivity index (χ3n) is 4.57. The highest BCUT2D eigenvalue weighted by molar-refractivity contribution is 5.81. The molecule has 3 rings (SSSR count). The van der Waals surface area contributed by atoms with Crippen LogP contribution in [0.2, 0.25) is 0 Å². The highest BCUT2D eigenvalue weighted by atomic mass is 19.2. The molecule has 1 amide bonds.